The summed E-state index contributed by atoms with van der Waals surface area (Å²) in [5, 5.41) is 12.6. The van der Waals surface area contributed by atoms with Crippen LogP contribution in [-0.4, -0.2) is 19.2 Å². The minimum Gasteiger partial charge on any atom is -0.733 e. The molecule has 0 N–H and O–H groups in total. The Balaban J connectivity index is 2.49. The summed E-state index contributed by atoms with van der Waals surface area (Å²) in [7, 11) is 2.91. The maximum Gasteiger partial charge on any atom is 0.145 e. The summed E-state index contributed by atoms with van der Waals surface area (Å²) >= 11 is 3.38. The summed E-state index contributed by atoms with van der Waals surface area (Å²) in [6, 6.07) is 10.8. The van der Waals surface area contributed by atoms with Gasteiger partial charge in [0.1, 0.15) is 11.4 Å². The smallest absolute Gasteiger partial charge is 0.145 e. The van der Waals surface area contributed by atoms with E-state index >= 15 is 0 Å². The van der Waals surface area contributed by atoms with Gasteiger partial charge in [-0.05, 0) is 24.3 Å². The molecule has 0 aliphatic heterocycles. The fourth-order valence-electron chi connectivity index (χ4n) is 1.80. The monoisotopic (exact) mass is 337 g/mol. The third kappa shape index (κ3) is 3.09. The molecule has 0 amide bonds. The van der Waals surface area contributed by atoms with Crippen molar-refractivity contribution in [3.05, 3.63) is 47.3 Å². The van der Waals surface area contributed by atoms with E-state index in [1.807, 2.05) is 18.2 Å². The summed E-state index contributed by atoms with van der Waals surface area (Å²) < 4.78 is 5.33. The minimum absolute atomic E-state index is 0.401. The first-order valence-corrected chi connectivity index (χ1v) is 7.03. The lowest BCUT2D eigenvalue weighted by Crippen LogP contribution is -2.11. The quantitative estimate of drug-likeness (QED) is 0.617. The molecule has 20 heavy (non-hydrogen) atoms. The molecule has 1 aromatic heterocycles. The molecule has 0 spiro atoms. The van der Waals surface area contributed by atoms with Gasteiger partial charge in [0.2, 0.25) is 0 Å². The summed E-state index contributed by atoms with van der Waals surface area (Å²) in [5.41, 5.74) is 2.77. The Bertz CT molecular complexity index is 592. The van der Waals surface area contributed by atoms with Crippen LogP contribution >= 0.6 is 15.9 Å². The lowest BCUT2D eigenvalue weighted by atomic mass is 10.1. The van der Waals surface area contributed by atoms with Crippen LogP contribution in [0.5, 0.6) is 5.75 Å². The second-order valence-electron chi connectivity index (χ2n) is 3.98. The molecule has 0 saturated carbocycles. The highest BCUT2D eigenvalue weighted by Crippen LogP contribution is 2.31. The molecule has 5 nitrogen and oxygen atoms in total. The van der Waals surface area contributed by atoms with Crippen LogP contribution in [0.1, 0.15) is 5.69 Å². The maximum atomic E-state index is 11.5. The third-order valence-corrected chi connectivity index (χ3v) is 3.34. The van der Waals surface area contributed by atoms with Crippen molar-refractivity contribution in [2.75, 3.05) is 19.4 Å². The molecule has 0 fully saturated rings. The third-order valence-electron chi connectivity index (χ3n) is 2.77. The van der Waals surface area contributed by atoms with Gasteiger partial charge >= 0.3 is 0 Å². The summed E-state index contributed by atoms with van der Waals surface area (Å²) in [5.74, 6) is 0.654. The van der Waals surface area contributed by atoms with Gasteiger partial charge in [-0.15, -0.1) is 0 Å². The van der Waals surface area contributed by atoms with Crippen LogP contribution in [0.3, 0.4) is 0 Å². The Kier molecular flexibility index (Phi) is 4.94. The number of hydrogen-bond acceptors (Lipinski definition) is 5. The lowest BCUT2D eigenvalue weighted by molar-refractivity contribution is 0.198. The van der Waals surface area contributed by atoms with Crippen molar-refractivity contribution >= 4 is 21.6 Å². The largest absolute Gasteiger partial charge is 0.733 e. The predicted molar refractivity (Wildman–Crippen MR) is 81.7 cm³/mol. The van der Waals surface area contributed by atoms with Gasteiger partial charge in [0.15, 0.2) is 0 Å². The van der Waals surface area contributed by atoms with E-state index in [0.29, 0.717) is 27.7 Å². The molecule has 1 heterocycles. The van der Waals surface area contributed by atoms with E-state index < -0.39 is 0 Å². The van der Waals surface area contributed by atoms with E-state index in [0.717, 1.165) is 11.3 Å². The molecule has 2 aromatic rings. The van der Waals surface area contributed by atoms with Crippen molar-refractivity contribution in [2.24, 2.45) is 0 Å². The Morgan fingerprint density at radius 2 is 2.05 bits per heavy atom. The van der Waals surface area contributed by atoms with E-state index in [9.17, 15) is 5.21 Å². The lowest BCUT2D eigenvalue weighted by Gasteiger charge is -2.27. The van der Waals surface area contributed by atoms with Crippen LogP contribution in [0.15, 0.2) is 36.4 Å². The highest BCUT2D eigenvalue weighted by molar-refractivity contribution is 9.08. The van der Waals surface area contributed by atoms with Crippen LogP contribution in [0.4, 0.5) is 5.69 Å². The van der Waals surface area contributed by atoms with Crippen LogP contribution in [-0.2, 0) is 10.2 Å². The number of pyridine rings is 1. The second kappa shape index (κ2) is 6.69. The number of hydrogen-bond donors (Lipinski definition) is 0. The number of aromatic nitrogens is 1. The number of rotatable bonds is 5. The summed E-state index contributed by atoms with van der Waals surface area (Å²) in [6.45, 7) is 0. The first-order chi connectivity index (χ1) is 9.69. The molecule has 1 aromatic carbocycles. The molecule has 0 unspecified atom stereocenters. The van der Waals surface area contributed by atoms with Gasteiger partial charge in [0.25, 0.3) is 0 Å². The zero-order valence-corrected chi connectivity index (χ0v) is 12.8. The van der Waals surface area contributed by atoms with Crippen molar-refractivity contribution in [3.63, 3.8) is 0 Å². The van der Waals surface area contributed by atoms with Crippen molar-refractivity contribution in [2.45, 2.75) is 5.33 Å². The Morgan fingerprint density at radius 1 is 1.25 bits per heavy atom. The van der Waals surface area contributed by atoms with E-state index in [1.54, 1.807) is 25.3 Å². The average molecular weight is 338 g/mol. The van der Waals surface area contributed by atoms with Crippen LogP contribution in [0.25, 0.3) is 11.3 Å². The standard InChI is InChI=1S/C14H14BrN2O3/c1-19-13-7-6-11(9-15)16-14(13)10-4-3-5-12(8-10)17(18)20-2/h3-8H,9H2,1-2H3/q-1. The minimum atomic E-state index is 0.401. The van der Waals surface area contributed by atoms with Gasteiger partial charge in [0, 0.05) is 10.9 Å². The molecule has 0 bridgehead atoms. The van der Waals surface area contributed by atoms with E-state index in [4.69, 9.17) is 4.74 Å². The first kappa shape index (κ1) is 14.8. The van der Waals surface area contributed by atoms with Gasteiger partial charge in [-0.3, -0.25) is 4.84 Å². The number of halogens is 1. The number of benzene rings is 1. The van der Waals surface area contributed by atoms with Crippen molar-refractivity contribution < 1.29 is 9.57 Å². The number of alkyl halides is 1. The predicted octanol–water partition coefficient (Wildman–Crippen LogP) is 3.52. The van der Waals surface area contributed by atoms with Gasteiger partial charge < -0.3 is 15.2 Å². The zero-order valence-electron chi connectivity index (χ0n) is 11.2. The fraction of sp³-hybridized carbons (Fsp3) is 0.214. The number of ether oxygens (including phenoxy) is 1. The van der Waals surface area contributed by atoms with Crippen molar-refractivity contribution in [1.82, 2.24) is 4.98 Å². The Morgan fingerprint density at radius 3 is 2.70 bits per heavy atom. The normalized spacial score (nSPS) is 10.4. The molecule has 0 radical (unpaired) electrons. The molecule has 6 heteroatoms. The molecular formula is C14H14BrN2O3-. The van der Waals surface area contributed by atoms with Gasteiger partial charge in [-0.2, -0.15) is 0 Å². The van der Waals surface area contributed by atoms with Crippen LogP contribution in [0.2, 0.25) is 0 Å². The van der Waals surface area contributed by atoms with Crippen LogP contribution in [0, 0.1) is 5.21 Å². The number of nitrogens with zero attached hydrogens (tertiary/aromatic N) is 2. The molecule has 0 aliphatic rings. The van der Waals surface area contributed by atoms with Crippen molar-refractivity contribution in [1.29, 1.82) is 0 Å². The van der Waals surface area contributed by atoms with E-state index in [-0.39, 0.29) is 0 Å². The fourth-order valence-corrected chi connectivity index (χ4v) is 2.12. The second-order valence-corrected chi connectivity index (χ2v) is 4.54. The molecule has 106 valence electrons. The topological polar surface area (TPSA) is 57.7 Å². The van der Waals surface area contributed by atoms with Crippen LogP contribution < -0.4 is 9.96 Å². The molecular weight excluding hydrogens is 324 g/mol. The first-order valence-electron chi connectivity index (χ1n) is 5.91. The SMILES string of the molecule is COc1ccc(CBr)nc1-c1cccc(N([O-])OC)c1. The highest BCUT2D eigenvalue weighted by atomic mass is 79.9. The van der Waals surface area contributed by atoms with Gasteiger partial charge in [-0.1, -0.05) is 28.1 Å². The van der Waals surface area contributed by atoms with E-state index in [2.05, 4.69) is 25.8 Å². The van der Waals surface area contributed by atoms with Crippen molar-refractivity contribution in [3.8, 4) is 17.0 Å². The average Bonchev–Trinajstić information content (AvgIpc) is 2.53. The summed E-state index contributed by atoms with van der Waals surface area (Å²) in [4.78, 5) is 9.17. The maximum absolute atomic E-state index is 11.5. The van der Waals surface area contributed by atoms with E-state index in [1.165, 1.54) is 7.11 Å². The summed E-state index contributed by atoms with van der Waals surface area (Å²) in [6.07, 6.45) is 0. The van der Waals surface area contributed by atoms with Gasteiger partial charge in [-0.25, -0.2) is 4.98 Å². The number of methoxy groups -OCH3 is 1. The molecule has 0 saturated heterocycles. The Hall–Kier alpha value is -1.63. The van der Waals surface area contributed by atoms with Gasteiger partial charge in [0.05, 0.1) is 25.6 Å². The molecule has 0 aliphatic carbocycles. The Labute approximate surface area is 125 Å². The molecule has 0 atom stereocenters. The molecule has 2 rings (SSSR count). The zero-order chi connectivity index (χ0) is 14.5. The highest BCUT2D eigenvalue weighted by Gasteiger charge is 2.09. The number of anilines is 1.